The Labute approximate surface area is 114 Å². The summed E-state index contributed by atoms with van der Waals surface area (Å²) in [4.78, 5) is 12.2. The Hall–Kier alpha value is -1.39. The summed E-state index contributed by atoms with van der Waals surface area (Å²) in [6.07, 6.45) is 0.753. The highest BCUT2D eigenvalue weighted by atomic mass is 16.5. The first-order valence-electron chi connectivity index (χ1n) is 6.89. The minimum atomic E-state index is -0.140. The molecule has 0 fully saturated rings. The molecule has 1 heterocycles. The van der Waals surface area contributed by atoms with Crippen molar-refractivity contribution in [2.45, 2.75) is 38.9 Å². The minimum absolute atomic E-state index is 0.0476. The number of fused-ring (bicyclic) bond motifs is 1. The van der Waals surface area contributed by atoms with E-state index in [1.165, 1.54) is 11.1 Å². The Kier molecular flexibility index (Phi) is 4.93. The average molecular weight is 262 g/mol. The standard InChI is InChI=1S/C15H22N2O2/c1-3-19-10-11(2)17-15(18)14-8-12-6-4-5-7-13(12)9-16-14/h4-7,11,14,16H,3,8-10H2,1-2H3,(H,17,18)/t11?,14-/m1/s1. The van der Waals surface area contributed by atoms with Gasteiger partial charge in [-0.1, -0.05) is 24.3 Å². The summed E-state index contributed by atoms with van der Waals surface area (Å²) in [7, 11) is 0. The molecule has 0 bridgehead atoms. The molecule has 2 N–H and O–H groups in total. The molecule has 0 saturated carbocycles. The topological polar surface area (TPSA) is 50.4 Å². The Morgan fingerprint density at radius 1 is 1.47 bits per heavy atom. The zero-order valence-corrected chi connectivity index (χ0v) is 11.6. The van der Waals surface area contributed by atoms with Gasteiger partial charge in [-0.25, -0.2) is 0 Å². The molecular formula is C15H22N2O2. The van der Waals surface area contributed by atoms with Crippen LogP contribution in [0.15, 0.2) is 24.3 Å². The van der Waals surface area contributed by atoms with Gasteiger partial charge in [0.25, 0.3) is 0 Å². The van der Waals surface area contributed by atoms with Crippen molar-refractivity contribution in [3.8, 4) is 0 Å². The van der Waals surface area contributed by atoms with E-state index < -0.39 is 0 Å². The minimum Gasteiger partial charge on any atom is -0.380 e. The molecule has 0 aliphatic carbocycles. The number of rotatable bonds is 5. The molecule has 1 aromatic carbocycles. The van der Waals surface area contributed by atoms with Gasteiger partial charge < -0.3 is 15.4 Å². The van der Waals surface area contributed by atoms with Gasteiger partial charge in [0.15, 0.2) is 0 Å². The zero-order valence-electron chi connectivity index (χ0n) is 11.6. The Balaban J connectivity index is 1.88. The number of hydrogen-bond donors (Lipinski definition) is 2. The van der Waals surface area contributed by atoms with Gasteiger partial charge in [0, 0.05) is 19.2 Å². The molecule has 2 rings (SSSR count). The number of carbonyl (C=O) groups excluding carboxylic acids is 1. The van der Waals surface area contributed by atoms with Crippen molar-refractivity contribution in [2.75, 3.05) is 13.2 Å². The van der Waals surface area contributed by atoms with Crippen molar-refractivity contribution in [2.24, 2.45) is 0 Å². The first kappa shape index (κ1) is 14.0. The molecule has 1 aromatic rings. The van der Waals surface area contributed by atoms with E-state index in [9.17, 15) is 4.79 Å². The first-order chi connectivity index (χ1) is 9.20. The van der Waals surface area contributed by atoms with Gasteiger partial charge in [-0.3, -0.25) is 4.79 Å². The summed E-state index contributed by atoms with van der Waals surface area (Å²) in [6, 6.07) is 8.17. The van der Waals surface area contributed by atoms with Crippen LogP contribution in [0.25, 0.3) is 0 Å². The lowest BCUT2D eigenvalue weighted by Gasteiger charge is -2.26. The van der Waals surface area contributed by atoms with Crippen LogP contribution < -0.4 is 10.6 Å². The quantitative estimate of drug-likeness (QED) is 0.839. The van der Waals surface area contributed by atoms with Crippen LogP contribution in [-0.2, 0) is 22.5 Å². The van der Waals surface area contributed by atoms with E-state index in [2.05, 4.69) is 22.8 Å². The molecule has 104 valence electrons. The monoisotopic (exact) mass is 262 g/mol. The number of hydrogen-bond acceptors (Lipinski definition) is 3. The average Bonchev–Trinajstić information content (AvgIpc) is 2.44. The third-order valence-electron chi connectivity index (χ3n) is 3.36. The van der Waals surface area contributed by atoms with Crippen LogP contribution in [0.1, 0.15) is 25.0 Å². The van der Waals surface area contributed by atoms with E-state index in [0.29, 0.717) is 13.2 Å². The normalized spacial score (nSPS) is 19.6. The van der Waals surface area contributed by atoms with E-state index in [-0.39, 0.29) is 18.0 Å². The van der Waals surface area contributed by atoms with Gasteiger partial charge in [0.1, 0.15) is 0 Å². The van der Waals surface area contributed by atoms with Crippen LogP contribution in [0.2, 0.25) is 0 Å². The molecule has 0 saturated heterocycles. The van der Waals surface area contributed by atoms with Gasteiger partial charge in [-0.2, -0.15) is 0 Å². The number of carbonyl (C=O) groups is 1. The SMILES string of the molecule is CCOCC(C)NC(=O)[C@H]1Cc2ccccc2CN1. The number of amides is 1. The number of benzene rings is 1. The van der Waals surface area contributed by atoms with Crippen LogP contribution in [0, 0.1) is 0 Å². The molecule has 4 nitrogen and oxygen atoms in total. The second kappa shape index (κ2) is 6.68. The van der Waals surface area contributed by atoms with Crippen LogP contribution in [0.3, 0.4) is 0 Å². The maximum atomic E-state index is 12.2. The maximum absolute atomic E-state index is 12.2. The predicted molar refractivity (Wildman–Crippen MR) is 74.9 cm³/mol. The zero-order chi connectivity index (χ0) is 13.7. The second-order valence-electron chi connectivity index (χ2n) is 4.98. The molecule has 0 radical (unpaired) electrons. The summed E-state index contributed by atoms with van der Waals surface area (Å²) in [5.74, 6) is 0.0571. The van der Waals surface area contributed by atoms with Crippen molar-refractivity contribution < 1.29 is 9.53 Å². The van der Waals surface area contributed by atoms with Crippen LogP contribution >= 0.6 is 0 Å². The highest BCUT2D eigenvalue weighted by molar-refractivity contribution is 5.82. The van der Waals surface area contributed by atoms with Gasteiger partial charge in [-0.15, -0.1) is 0 Å². The summed E-state index contributed by atoms with van der Waals surface area (Å²) in [5.41, 5.74) is 2.55. The lowest BCUT2D eigenvalue weighted by molar-refractivity contribution is -0.124. The van der Waals surface area contributed by atoms with Crippen molar-refractivity contribution in [1.82, 2.24) is 10.6 Å². The molecule has 1 unspecified atom stereocenters. The maximum Gasteiger partial charge on any atom is 0.237 e. The molecule has 1 amide bonds. The molecular weight excluding hydrogens is 240 g/mol. The first-order valence-corrected chi connectivity index (χ1v) is 6.89. The lowest BCUT2D eigenvalue weighted by atomic mass is 9.95. The summed E-state index contributed by atoms with van der Waals surface area (Å²) >= 11 is 0. The van der Waals surface area contributed by atoms with E-state index >= 15 is 0 Å². The highest BCUT2D eigenvalue weighted by Gasteiger charge is 2.24. The fraction of sp³-hybridized carbons (Fsp3) is 0.533. The van der Waals surface area contributed by atoms with Crippen molar-refractivity contribution >= 4 is 5.91 Å². The van der Waals surface area contributed by atoms with Crippen LogP contribution in [-0.4, -0.2) is 31.2 Å². The van der Waals surface area contributed by atoms with Crippen molar-refractivity contribution in [1.29, 1.82) is 0 Å². The second-order valence-corrected chi connectivity index (χ2v) is 4.98. The van der Waals surface area contributed by atoms with E-state index in [1.54, 1.807) is 0 Å². The van der Waals surface area contributed by atoms with E-state index in [4.69, 9.17) is 4.74 Å². The molecule has 0 aromatic heterocycles. The third kappa shape index (κ3) is 3.78. The van der Waals surface area contributed by atoms with Gasteiger partial charge in [0.2, 0.25) is 5.91 Å². The molecule has 2 atom stereocenters. The molecule has 4 heteroatoms. The predicted octanol–water partition coefficient (Wildman–Crippen LogP) is 1.24. The Morgan fingerprint density at radius 3 is 2.95 bits per heavy atom. The molecule has 0 spiro atoms. The van der Waals surface area contributed by atoms with Gasteiger partial charge in [-0.05, 0) is 31.4 Å². The fourth-order valence-electron chi connectivity index (χ4n) is 2.32. The lowest BCUT2D eigenvalue weighted by Crippen LogP contribution is -2.50. The fourth-order valence-corrected chi connectivity index (χ4v) is 2.32. The largest absolute Gasteiger partial charge is 0.380 e. The van der Waals surface area contributed by atoms with E-state index in [0.717, 1.165) is 13.0 Å². The van der Waals surface area contributed by atoms with Crippen LogP contribution in [0.4, 0.5) is 0 Å². The van der Waals surface area contributed by atoms with Crippen molar-refractivity contribution in [3.63, 3.8) is 0 Å². The summed E-state index contributed by atoms with van der Waals surface area (Å²) in [6.45, 7) is 5.91. The van der Waals surface area contributed by atoms with Gasteiger partial charge in [0.05, 0.1) is 12.6 Å². The summed E-state index contributed by atoms with van der Waals surface area (Å²) < 4.78 is 5.30. The number of nitrogens with one attached hydrogen (secondary N) is 2. The molecule has 19 heavy (non-hydrogen) atoms. The third-order valence-corrected chi connectivity index (χ3v) is 3.36. The van der Waals surface area contributed by atoms with Gasteiger partial charge >= 0.3 is 0 Å². The highest BCUT2D eigenvalue weighted by Crippen LogP contribution is 2.16. The van der Waals surface area contributed by atoms with Crippen LogP contribution in [0.5, 0.6) is 0 Å². The molecule has 1 aliphatic rings. The smallest absolute Gasteiger partial charge is 0.237 e. The molecule has 1 aliphatic heterocycles. The Bertz CT molecular complexity index is 434. The summed E-state index contributed by atoms with van der Waals surface area (Å²) in [5, 5.41) is 6.27. The van der Waals surface area contributed by atoms with E-state index in [1.807, 2.05) is 26.0 Å². The Morgan fingerprint density at radius 2 is 2.21 bits per heavy atom. The number of ether oxygens (including phenoxy) is 1. The van der Waals surface area contributed by atoms with Crippen molar-refractivity contribution in [3.05, 3.63) is 35.4 Å².